The number of nitrogens with one attached hydrogen (secondary N) is 2. The molecule has 2 saturated heterocycles. The van der Waals surface area contributed by atoms with Crippen molar-refractivity contribution in [1.82, 2.24) is 15.1 Å². The number of fused-ring (bicyclic) bond motifs is 1. The molecular weight excluding hydrogens is 496 g/mol. The first-order chi connectivity index (χ1) is 18.9. The second kappa shape index (κ2) is 11.7. The molecule has 1 spiro atoms. The molecule has 39 heavy (non-hydrogen) atoms. The van der Waals surface area contributed by atoms with Crippen LogP contribution >= 0.6 is 0 Å². The molecular formula is C30H42N4O5. The zero-order chi connectivity index (χ0) is 27.6. The maximum absolute atomic E-state index is 14.1. The molecule has 1 aliphatic carbocycles. The number of carbonyl (C=O) groups excluding carboxylic acids is 3. The Morgan fingerprint density at radius 1 is 1.18 bits per heavy atom. The molecule has 1 aromatic rings. The summed E-state index contributed by atoms with van der Waals surface area (Å²) >= 11 is 0. The van der Waals surface area contributed by atoms with E-state index < -0.39 is 29.6 Å². The van der Waals surface area contributed by atoms with Crippen LogP contribution in [0.2, 0.25) is 0 Å². The highest BCUT2D eigenvalue weighted by Crippen LogP contribution is 2.55. The fourth-order valence-electron chi connectivity index (χ4n) is 6.78. The van der Waals surface area contributed by atoms with E-state index in [2.05, 4.69) is 22.5 Å². The normalized spacial score (nSPS) is 29.6. The topological polar surface area (TPSA) is 100 Å². The van der Waals surface area contributed by atoms with E-state index in [0.29, 0.717) is 24.5 Å². The van der Waals surface area contributed by atoms with Gasteiger partial charge in [0.15, 0.2) is 0 Å². The Hall–Kier alpha value is -2.91. The molecule has 3 amide bonds. The van der Waals surface area contributed by atoms with Crippen LogP contribution in [0.1, 0.15) is 51.9 Å². The highest BCUT2D eigenvalue weighted by Gasteiger charge is 2.72. The third-order valence-corrected chi connectivity index (χ3v) is 8.83. The van der Waals surface area contributed by atoms with Gasteiger partial charge < -0.3 is 29.9 Å². The molecule has 0 aromatic heterocycles. The number of amides is 3. The Bertz CT molecular complexity index is 1100. The summed E-state index contributed by atoms with van der Waals surface area (Å²) in [5.74, 6) is -1.48. The Labute approximate surface area is 231 Å². The van der Waals surface area contributed by atoms with Crippen LogP contribution in [-0.4, -0.2) is 85.1 Å². The molecule has 9 nitrogen and oxygen atoms in total. The van der Waals surface area contributed by atoms with Crippen molar-refractivity contribution in [1.29, 1.82) is 0 Å². The number of carbonyl (C=O) groups is 3. The summed E-state index contributed by atoms with van der Waals surface area (Å²) in [6, 6.07) is 6.45. The maximum Gasteiger partial charge on any atom is 0.246 e. The molecule has 1 aromatic carbocycles. The van der Waals surface area contributed by atoms with Crippen LogP contribution in [0.4, 0.5) is 5.69 Å². The quantitative estimate of drug-likeness (QED) is 0.420. The summed E-state index contributed by atoms with van der Waals surface area (Å²) in [4.78, 5) is 45.5. The summed E-state index contributed by atoms with van der Waals surface area (Å²) in [6.07, 6.45) is 10.6. The van der Waals surface area contributed by atoms with Crippen molar-refractivity contribution in [3.05, 3.63) is 36.4 Å². The fraction of sp³-hybridized carbons (Fsp3) is 0.633. The third-order valence-electron chi connectivity index (χ3n) is 8.83. The molecule has 5 rings (SSSR count). The maximum atomic E-state index is 14.1. The largest absolute Gasteiger partial charge is 0.497 e. The second-order valence-corrected chi connectivity index (χ2v) is 11.5. The second-order valence-electron chi connectivity index (χ2n) is 11.5. The van der Waals surface area contributed by atoms with E-state index in [0.717, 1.165) is 45.1 Å². The molecule has 4 aliphatic rings. The lowest BCUT2D eigenvalue weighted by atomic mass is 9.74. The first-order valence-electron chi connectivity index (χ1n) is 14.5. The number of likely N-dealkylation sites (N-methyl/N-ethyl adjacent to an activating group) is 1. The van der Waals surface area contributed by atoms with E-state index in [4.69, 9.17) is 9.47 Å². The number of methoxy groups -OCH3 is 1. The van der Waals surface area contributed by atoms with Gasteiger partial charge in [0, 0.05) is 30.9 Å². The number of benzene rings is 1. The SMILES string of the molecule is CCCCN(C)CCN1C(=O)[C@@H]2[C@H](C(=O)Nc3cccc(OC)c3)[C@@H]3C=C[C@@]2(O3)[C@@H]1C(=O)NC1CCCCC1. The summed E-state index contributed by atoms with van der Waals surface area (Å²) in [5, 5.41) is 6.20. The van der Waals surface area contributed by atoms with Gasteiger partial charge in [0.2, 0.25) is 17.7 Å². The first-order valence-corrected chi connectivity index (χ1v) is 14.5. The Morgan fingerprint density at radius 3 is 2.72 bits per heavy atom. The van der Waals surface area contributed by atoms with Crippen molar-refractivity contribution in [2.75, 3.05) is 39.1 Å². The van der Waals surface area contributed by atoms with Crippen molar-refractivity contribution in [3.63, 3.8) is 0 Å². The van der Waals surface area contributed by atoms with Crippen molar-refractivity contribution in [3.8, 4) is 5.75 Å². The minimum Gasteiger partial charge on any atom is -0.497 e. The van der Waals surface area contributed by atoms with Crippen molar-refractivity contribution in [2.45, 2.75) is 75.7 Å². The lowest BCUT2D eigenvalue weighted by molar-refractivity contribution is -0.141. The zero-order valence-corrected chi connectivity index (χ0v) is 23.4. The molecule has 0 radical (unpaired) electrons. The van der Waals surface area contributed by atoms with Crippen LogP contribution in [0.3, 0.4) is 0 Å². The average molecular weight is 539 g/mol. The van der Waals surface area contributed by atoms with Crippen LogP contribution < -0.4 is 15.4 Å². The van der Waals surface area contributed by atoms with Gasteiger partial charge in [0.1, 0.15) is 17.4 Å². The van der Waals surface area contributed by atoms with Gasteiger partial charge in [0.05, 0.1) is 25.0 Å². The molecule has 2 N–H and O–H groups in total. The van der Waals surface area contributed by atoms with Crippen molar-refractivity contribution in [2.24, 2.45) is 11.8 Å². The lowest BCUT2D eigenvalue weighted by Gasteiger charge is -2.34. The monoisotopic (exact) mass is 538 g/mol. The van der Waals surface area contributed by atoms with Crippen LogP contribution in [0.5, 0.6) is 5.75 Å². The van der Waals surface area contributed by atoms with Gasteiger partial charge in [-0.1, -0.05) is 50.8 Å². The molecule has 5 atom stereocenters. The predicted octanol–water partition coefficient (Wildman–Crippen LogP) is 2.97. The summed E-state index contributed by atoms with van der Waals surface area (Å²) < 4.78 is 11.7. The van der Waals surface area contributed by atoms with E-state index in [9.17, 15) is 14.4 Å². The molecule has 212 valence electrons. The number of rotatable bonds is 11. The van der Waals surface area contributed by atoms with Crippen LogP contribution in [0.25, 0.3) is 0 Å². The number of anilines is 1. The van der Waals surface area contributed by atoms with Gasteiger partial charge in [0.25, 0.3) is 0 Å². The molecule has 1 saturated carbocycles. The number of hydrogen-bond donors (Lipinski definition) is 2. The van der Waals surface area contributed by atoms with E-state index in [1.165, 1.54) is 6.42 Å². The third kappa shape index (κ3) is 5.31. The molecule has 3 fully saturated rings. The smallest absolute Gasteiger partial charge is 0.246 e. The zero-order valence-electron chi connectivity index (χ0n) is 23.4. The number of hydrogen-bond acceptors (Lipinski definition) is 6. The van der Waals surface area contributed by atoms with Crippen LogP contribution in [-0.2, 0) is 19.1 Å². The average Bonchev–Trinajstić information content (AvgIpc) is 3.58. The van der Waals surface area contributed by atoms with Crippen LogP contribution in [0.15, 0.2) is 36.4 Å². The predicted molar refractivity (Wildman–Crippen MR) is 148 cm³/mol. The van der Waals surface area contributed by atoms with Crippen molar-refractivity contribution >= 4 is 23.4 Å². The summed E-state index contributed by atoms with van der Waals surface area (Å²) in [7, 11) is 3.61. The summed E-state index contributed by atoms with van der Waals surface area (Å²) in [5.41, 5.74) is -0.551. The standard InChI is InChI=1S/C30H42N4O5/c1-4-5-16-33(2)17-18-34-26(28(36)31-20-10-7-6-8-11-20)30-15-14-23(39-30)24(25(30)29(34)37)27(35)32-21-12-9-13-22(19-21)38-3/h9,12-15,19-20,23-26H,4-8,10-11,16-18H2,1-3H3,(H,31,36)(H,32,35)/t23-,24+,25-,26-,30-/m0/s1. The van der Waals surface area contributed by atoms with E-state index in [1.54, 1.807) is 36.3 Å². The van der Waals surface area contributed by atoms with E-state index in [1.807, 2.05) is 19.2 Å². The Morgan fingerprint density at radius 2 is 1.97 bits per heavy atom. The number of nitrogens with zero attached hydrogens (tertiary/aromatic N) is 2. The summed E-state index contributed by atoms with van der Waals surface area (Å²) in [6.45, 7) is 4.14. The molecule has 0 unspecified atom stereocenters. The van der Waals surface area contributed by atoms with Gasteiger partial charge in [-0.25, -0.2) is 0 Å². The first kappa shape index (κ1) is 27.6. The minimum atomic E-state index is -1.14. The van der Waals surface area contributed by atoms with E-state index >= 15 is 0 Å². The van der Waals surface area contributed by atoms with Gasteiger partial charge in [-0.2, -0.15) is 0 Å². The lowest BCUT2D eigenvalue weighted by Crippen LogP contribution is -2.57. The molecule has 3 aliphatic heterocycles. The molecule has 3 heterocycles. The number of ether oxygens (including phenoxy) is 2. The number of likely N-dealkylation sites (tertiary alicyclic amines) is 1. The number of unbranched alkanes of at least 4 members (excludes halogenated alkanes) is 1. The van der Waals surface area contributed by atoms with Gasteiger partial charge >= 0.3 is 0 Å². The van der Waals surface area contributed by atoms with E-state index in [-0.39, 0.29) is 23.8 Å². The van der Waals surface area contributed by atoms with Gasteiger partial charge in [-0.15, -0.1) is 0 Å². The van der Waals surface area contributed by atoms with Crippen LogP contribution in [0, 0.1) is 11.8 Å². The molecule has 2 bridgehead atoms. The van der Waals surface area contributed by atoms with Gasteiger partial charge in [-0.05, 0) is 45.0 Å². The highest BCUT2D eigenvalue weighted by atomic mass is 16.5. The van der Waals surface area contributed by atoms with Crippen molar-refractivity contribution < 1.29 is 23.9 Å². The molecule has 9 heteroatoms. The Kier molecular flexibility index (Phi) is 8.28. The highest BCUT2D eigenvalue weighted by molar-refractivity contribution is 6.02. The minimum absolute atomic E-state index is 0.112. The fourth-order valence-corrected chi connectivity index (χ4v) is 6.78. The van der Waals surface area contributed by atoms with Gasteiger partial charge in [-0.3, -0.25) is 14.4 Å². The Balaban J connectivity index is 1.40.